The Bertz CT molecular complexity index is 1160. The number of amides is 1. The molecular formula is C22H22N6OS2. The Kier molecular flexibility index (Phi) is 6.63. The largest absolute Gasteiger partial charge is 0.330 e. The standard InChI is InChI=1S/C22H22N6OS2/c1-15-20(16(2)28(27-15)18-11-7-4-8-12-18)24-19(29)13-14-30-22-26-25-21(31-22)23-17-9-5-3-6-10-17/h3-12H,13-14H2,1-2H3,(H,23,25)(H,24,29). The molecule has 0 fully saturated rings. The Morgan fingerprint density at radius 1 is 1.03 bits per heavy atom. The zero-order valence-corrected chi connectivity index (χ0v) is 18.8. The first kappa shape index (κ1) is 21.1. The second kappa shape index (κ2) is 9.76. The summed E-state index contributed by atoms with van der Waals surface area (Å²) in [6.07, 6.45) is 0.376. The van der Waals surface area contributed by atoms with E-state index in [1.54, 1.807) is 0 Å². The van der Waals surface area contributed by atoms with E-state index in [2.05, 4.69) is 25.9 Å². The van der Waals surface area contributed by atoms with Gasteiger partial charge >= 0.3 is 0 Å². The lowest BCUT2D eigenvalue weighted by Crippen LogP contribution is -2.13. The molecule has 0 spiro atoms. The van der Waals surface area contributed by atoms with Crippen molar-refractivity contribution in [2.45, 2.75) is 24.6 Å². The molecule has 0 aliphatic carbocycles. The van der Waals surface area contributed by atoms with Gasteiger partial charge in [0.25, 0.3) is 0 Å². The van der Waals surface area contributed by atoms with E-state index < -0.39 is 0 Å². The molecule has 0 radical (unpaired) electrons. The van der Waals surface area contributed by atoms with Gasteiger partial charge in [-0.15, -0.1) is 10.2 Å². The topological polar surface area (TPSA) is 84.7 Å². The summed E-state index contributed by atoms with van der Waals surface area (Å²) >= 11 is 3.00. The average Bonchev–Trinajstić information content (AvgIpc) is 3.34. The third kappa shape index (κ3) is 5.31. The molecule has 7 nitrogen and oxygen atoms in total. The van der Waals surface area contributed by atoms with Crippen LogP contribution in [-0.4, -0.2) is 31.6 Å². The summed E-state index contributed by atoms with van der Waals surface area (Å²) in [6.45, 7) is 3.86. The van der Waals surface area contributed by atoms with Crippen molar-refractivity contribution in [3.8, 4) is 5.69 Å². The zero-order valence-electron chi connectivity index (χ0n) is 17.2. The monoisotopic (exact) mass is 450 g/mol. The van der Waals surface area contributed by atoms with E-state index in [0.717, 1.165) is 37.9 Å². The molecule has 4 aromatic rings. The van der Waals surface area contributed by atoms with Crippen LogP contribution in [-0.2, 0) is 4.79 Å². The lowest BCUT2D eigenvalue weighted by Gasteiger charge is -2.07. The number of carbonyl (C=O) groups is 1. The second-order valence-corrected chi connectivity index (χ2v) is 9.12. The van der Waals surface area contributed by atoms with Gasteiger partial charge in [-0.25, -0.2) is 4.68 Å². The molecule has 2 aromatic carbocycles. The molecule has 0 aliphatic heterocycles. The van der Waals surface area contributed by atoms with Crippen molar-refractivity contribution in [1.82, 2.24) is 20.0 Å². The Hall–Kier alpha value is -3.17. The number of hydrogen-bond acceptors (Lipinski definition) is 7. The number of carbonyl (C=O) groups excluding carboxylic acids is 1. The molecule has 2 aromatic heterocycles. The minimum absolute atomic E-state index is 0.0431. The maximum atomic E-state index is 12.5. The Morgan fingerprint density at radius 3 is 2.48 bits per heavy atom. The number of rotatable bonds is 8. The summed E-state index contributed by atoms with van der Waals surface area (Å²) < 4.78 is 2.68. The minimum atomic E-state index is -0.0431. The molecule has 4 rings (SSSR count). The van der Waals surface area contributed by atoms with Crippen LogP contribution in [0.1, 0.15) is 17.8 Å². The Labute approximate surface area is 188 Å². The molecule has 0 aliphatic rings. The van der Waals surface area contributed by atoms with E-state index in [-0.39, 0.29) is 5.91 Å². The fourth-order valence-corrected chi connectivity index (χ4v) is 4.82. The highest BCUT2D eigenvalue weighted by Crippen LogP contribution is 2.28. The van der Waals surface area contributed by atoms with Gasteiger partial charge in [-0.2, -0.15) is 5.10 Å². The fraction of sp³-hybridized carbons (Fsp3) is 0.182. The predicted molar refractivity (Wildman–Crippen MR) is 127 cm³/mol. The zero-order chi connectivity index (χ0) is 21.6. The molecule has 0 saturated heterocycles. The summed E-state index contributed by atoms with van der Waals surface area (Å²) in [6, 6.07) is 19.7. The van der Waals surface area contributed by atoms with Gasteiger partial charge in [0, 0.05) is 17.9 Å². The average molecular weight is 451 g/mol. The van der Waals surface area contributed by atoms with Crippen LogP contribution in [0.4, 0.5) is 16.5 Å². The number of benzene rings is 2. The number of aromatic nitrogens is 4. The quantitative estimate of drug-likeness (QED) is 0.359. The number of para-hydroxylation sites is 2. The first-order valence-corrected chi connectivity index (χ1v) is 11.6. The molecule has 2 N–H and O–H groups in total. The molecular weight excluding hydrogens is 428 g/mol. The van der Waals surface area contributed by atoms with Crippen LogP contribution in [0, 0.1) is 13.8 Å². The van der Waals surface area contributed by atoms with Crippen molar-refractivity contribution in [1.29, 1.82) is 0 Å². The summed E-state index contributed by atoms with van der Waals surface area (Å²) in [7, 11) is 0. The van der Waals surface area contributed by atoms with Gasteiger partial charge in [-0.1, -0.05) is 59.5 Å². The fourth-order valence-electron chi connectivity index (χ4n) is 3.04. The van der Waals surface area contributed by atoms with Gasteiger partial charge in [-0.05, 0) is 38.1 Å². The molecule has 0 atom stereocenters. The van der Waals surface area contributed by atoms with E-state index in [4.69, 9.17) is 0 Å². The molecule has 158 valence electrons. The van der Waals surface area contributed by atoms with Crippen LogP contribution in [0.15, 0.2) is 65.0 Å². The van der Waals surface area contributed by atoms with Crippen LogP contribution in [0.3, 0.4) is 0 Å². The number of nitrogens with zero attached hydrogens (tertiary/aromatic N) is 4. The summed E-state index contributed by atoms with van der Waals surface area (Å²) in [4.78, 5) is 12.5. The van der Waals surface area contributed by atoms with Gasteiger partial charge in [0.1, 0.15) is 0 Å². The highest BCUT2D eigenvalue weighted by atomic mass is 32.2. The molecule has 0 saturated carbocycles. The van der Waals surface area contributed by atoms with Crippen molar-refractivity contribution in [2.24, 2.45) is 0 Å². The second-order valence-electron chi connectivity index (χ2n) is 6.80. The predicted octanol–water partition coefficient (Wildman–Crippen LogP) is 5.21. The summed E-state index contributed by atoms with van der Waals surface area (Å²) in [5.74, 6) is 0.579. The minimum Gasteiger partial charge on any atom is -0.330 e. The molecule has 2 heterocycles. The van der Waals surface area contributed by atoms with Crippen LogP contribution < -0.4 is 10.6 Å². The van der Waals surface area contributed by atoms with Gasteiger partial charge in [0.15, 0.2) is 4.34 Å². The SMILES string of the molecule is Cc1nn(-c2ccccc2)c(C)c1NC(=O)CCSc1nnc(Nc2ccccc2)s1. The first-order chi connectivity index (χ1) is 15.1. The number of nitrogens with one attached hydrogen (secondary N) is 2. The van der Waals surface area contributed by atoms with Crippen molar-refractivity contribution >= 4 is 45.5 Å². The third-order valence-electron chi connectivity index (χ3n) is 4.54. The Morgan fingerprint density at radius 2 is 1.74 bits per heavy atom. The lowest BCUT2D eigenvalue weighted by atomic mass is 10.3. The molecule has 0 bridgehead atoms. The third-order valence-corrected chi connectivity index (χ3v) is 6.52. The smallest absolute Gasteiger partial charge is 0.225 e. The normalized spacial score (nSPS) is 10.8. The van der Waals surface area contributed by atoms with Crippen LogP contribution in [0.25, 0.3) is 5.69 Å². The maximum absolute atomic E-state index is 12.5. The number of anilines is 3. The number of thioether (sulfide) groups is 1. The van der Waals surface area contributed by atoms with Crippen molar-refractivity contribution in [2.75, 3.05) is 16.4 Å². The van der Waals surface area contributed by atoms with E-state index in [9.17, 15) is 4.79 Å². The maximum Gasteiger partial charge on any atom is 0.225 e. The van der Waals surface area contributed by atoms with Gasteiger partial charge < -0.3 is 10.6 Å². The summed E-state index contributed by atoms with van der Waals surface area (Å²) in [5.41, 5.74) is 4.41. The van der Waals surface area contributed by atoms with Gasteiger partial charge in [0.05, 0.1) is 22.8 Å². The molecule has 1 amide bonds. The van der Waals surface area contributed by atoms with E-state index in [0.29, 0.717) is 12.2 Å². The van der Waals surface area contributed by atoms with Crippen molar-refractivity contribution in [3.05, 3.63) is 72.1 Å². The van der Waals surface area contributed by atoms with Crippen molar-refractivity contribution < 1.29 is 4.79 Å². The van der Waals surface area contributed by atoms with E-state index in [1.165, 1.54) is 23.1 Å². The lowest BCUT2D eigenvalue weighted by molar-refractivity contribution is -0.115. The number of hydrogen-bond donors (Lipinski definition) is 2. The van der Waals surface area contributed by atoms with Gasteiger partial charge in [0.2, 0.25) is 11.0 Å². The Balaban J connectivity index is 1.30. The van der Waals surface area contributed by atoms with Crippen molar-refractivity contribution in [3.63, 3.8) is 0 Å². The van der Waals surface area contributed by atoms with Crippen LogP contribution in [0.2, 0.25) is 0 Å². The number of aryl methyl sites for hydroxylation is 1. The first-order valence-electron chi connectivity index (χ1n) is 9.80. The van der Waals surface area contributed by atoms with Crippen LogP contribution >= 0.6 is 23.1 Å². The highest BCUT2D eigenvalue weighted by molar-refractivity contribution is 8.01. The molecule has 0 unspecified atom stereocenters. The molecule has 31 heavy (non-hydrogen) atoms. The molecule has 9 heteroatoms. The van der Waals surface area contributed by atoms with Gasteiger partial charge in [-0.3, -0.25) is 4.79 Å². The summed E-state index contributed by atoms with van der Waals surface area (Å²) in [5, 5.41) is 19.9. The van der Waals surface area contributed by atoms with Crippen LogP contribution in [0.5, 0.6) is 0 Å². The van der Waals surface area contributed by atoms with E-state index in [1.807, 2.05) is 79.2 Å². The van der Waals surface area contributed by atoms with E-state index >= 15 is 0 Å². The highest BCUT2D eigenvalue weighted by Gasteiger charge is 2.15.